The Bertz CT molecular complexity index is 253. The molecule has 5 heteroatoms. The first-order valence-corrected chi connectivity index (χ1v) is 6.00. The summed E-state index contributed by atoms with van der Waals surface area (Å²) in [5.41, 5.74) is -0.437. The number of carbonyl (C=O) groups is 1. The molecule has 0 fully saturated rings. The van der Waals surface area contributed by atoms with Crippen molar-refractivity contribution in [1.29, 1.82) is 0 Å². The van der Waals surface area contributed by atoms with Gasteiger partial charge < -0.3 is 5.11 Å². The topological polar surface area (TPSA) is 55.8 Å². The van der Waals surface area contributed by atoms with Crippen molar-refractivity contribution < 1.29 is 39.2 Å². The molecule has 104 valence electrons. The van der Waals surface area contributed by atoms with Gasteiger partial charge in [-0.3, -0.25) is 0 Å². The zero-order valence-corrected chi connectivity index (χ0v) is 15.7. The predicted octanol–water partition coefficient (Wildman–Crippen LogP) is 3.26. The van der Waals surface area contributed by atoms with Gasteiger partial charge in [0, 0.05) is 19.5 Å². The molecule has 0 heterocycles. The molecule has 2 unspecified atom stereocenters. The van der Waals surface area contributed by atoms with Gasteiger partial charge >= 0.3 is 5.97 Å². The van der Waals surface area contributed by atoms with Crippen molar-refractivity contribution in [2.75, 3.05) is 0 Å². The van der Waals surface area contributed by atoms with E-state index in [1.165, 1.54) is 0 Å². The average Bonchev–Trinajstić information content (AvgIpc) is 1.96. The fraction of sp³-hybridized carbons (Fsp3) is 0.923. The fourth-order valence-corrected chi connectivity index (χ4v) is 1.65. The summed E-state index contributed by atoms with van der Waals surface area (Å²) >= 11 is 0. The van der Waals surface area contributed by atoms with Gasteiger partial charge in [-0.05, 0) is 38.5 Å². The number of rotatable bonds is 5. The molecule has 0 bridgehead atoms. The fourth-order valence-electron chi connectivity index (χ4n) is 1.65. The van der Waals surface area contributed by atoms with Crippen LogP contribution in [0.4, 0.5) is 0 Å². The minimum absolute atomic E-state index is 0. The molecule has 0 radical (unpaired) electrons. The number of aliphatic carboxylic acids is 1. The van der Waals surface area contributed by atoms with E-state index in [4.69, 9.17) is 14.9 Å². The smallest absolute Gasteiger partial charge is 0.336 e. The SMILES string of the molecule is CC(CC(C)(C)C)C(OOC(C)(C)C)C(=O)O.[Zn]. The Balaban J connectivity index is 0. The largest absolute Gasteiger partial charge is 0.479 e. The molecule has 0 saturated heterocycles. The summed E-state index contributed by atoms with van der Waals surface area (Å²) in [6, 6.07) is 0. The van der Waals surface area contributed by atoms with Crippen molar-refractivity contribution in [2.24, 2.45) is 11.3 Å². The molecule has 1 N–H and O–H groups in total. The molecule has 0 aliphatic carbocycles. The summed E-state index contributed by atoms with van der Waals surface area (Å²) in [4.78, 5) is 21.3. The molecule has 18 heavy (non-hydrogen) atoms. The van der Waals surface area contributed by atoms with Crippen LogP contribution in [0.3, 0.4) is 0 Å². The molecule has 0 aromatic rings. The summed E-state index contributed by atoms with van der Waals surface area (Å²) in [7, 11) is 0. The Labute approximate surface area is 123 Å². The van der Waals surface area contributed by atoms with Gasteiger partial charge in [0.25, 0.3) is 0 Å². The van der Waals surface area contributed by atoms with Crippen LogP contribution >= 0.6 is 0 Å². The Morgan fingerprint density at radius 3 is 1.89 bits per heavy atom. The molecule has 0 aliphatic heterocycles. The van der Waals surface area contributed by atoms with Crippen molar-refractivity contribution in [3.8, 4) is 0 Å². The van der Waals surface area contributed by atoms with E-state index in [-0.39, 0.29) is 30.8 Å². The monoisotopic (exact) mass is 310 g/mol. The van der Waals surface area contributed by atoms with Crippen LogP contribution in [0.1, 0.15) is 54.9 Å². The van der Waals surface area contributed by atoms with E-state index in [1.807, 2.05) is 27.7 Å². The summed E-state index contributed by atoms with van der Waals surface area (Å²) in [5.74, 6) is -1.08. The molecule has 0 aromatic carbocycles. The van der Waals surface area contributed by atoms with Crippen LogP contribution in [0.15, 0.2) is 0 Å². The minimum Gasteiger partial charge on any atom is -0.479 e. The molecule has 0 saturated carbocycles. The third-order valence-corrected chi connectivity index (χ3v) is 2.10. The third kappa shape index (κ3) is 9.98. The molecule has 0 aromatic heterocycles. The van der Waals surface area contributed by atoms with Crippen LogP contribution in [0.5, 0.6) is 0 Å². The second kappa shape index (κ2) is 7.57. The molecule has 2 atom stereocenters. The second-order valence-corrected chi connectivity index (χ2v) is 6.79. The van der Waals surface area contributed by atoms with E-state index in [2.05, 4.69) is 20.8 Å². The van der Waals surface area contributed by atoms with E-state index >= 15 is 0 Å². The summed E-state index contributed by atoms with van der Waals surface area (Å²) in [5, 5.41) is 9.13. The molecular weight excluding hydrogens is 286 g/mol. The molecule has 0 spiro atoms. The minimum atomic E-state index is -0.981. The third-order valence-electron chi connectivity index (χ3n) is 2.10. The van der Waals surface area contributed by atoms with Gasteiger partial charge in [0.05, 0.1) is 5.60 Å². The van der Waals surface area contributed by atoms with E-state index < -0.39 is 17.7 Å². The van der Waals surface area contributed by atoms with E-state index in [0.29, 0.717) is 0 Å². The number of carboxylic acids is 1. The standard InChI is InChI=1S/C13H26O4.Zn/c1-9(8-12(2,3)4)10(11(14)15)16-17-13(5,6)7;/h9-10H,8H2,1-7H3,(H,14,15);. The van der Waals surface area contributed by atoms with E-state index in [1.54, 1.807) is 0 Å². The summed E-state index contributed by atoms with van der Waals surface area (Å²) in [6.07, 6.45) is -0.161. The van der Waals surface area contributed by atoms with Crippen LogP contribution in [-0.2, 0) is 34.0 Å². The van der Waals surface area contributed by atoms with Gasteiger partial charge in [-0.25, -0.2) is 14.6 Å². The van der Waals surface area contributed by atoms with Crippen LogP contribution in [0.2, 0.25) is 0 Å². The van der Waals surface area contributed by atoms with Gasteiger partial charge in [-0.2, -0.15) is 0 Å². The first-order chi connectivity index (χ1) is 7.42. The zero-order chi connectivity index (χ0) is 13.9. The van der Waals surface area contributed by atoms with Crippen molar-refractivity contribution in [2.45, 2.75) is 66.6 Å². The van der Waals surface area contributed by atoms with Gasteiger partial charge in [-0.1, -0.05) is 27.7 Å². The molecule has 0 aliphatic rings. The summed E-state index contributed by atoms with van der Waals surface area (Å²) in [6.45, 7) is 13.6. The quantitative estimate of drug-likeness (QED) is 0.481. The number of hydrogen-bond acceptors (Lipinski definition) is 3. The maximum absolute atomic E-state index is 11.1. The number of carboxylic acid groups (broad SMARTS) is 1. The van der Waals surface area contributed by atoms with Gasteiger partial charge in [-0.15, -0.1) is 0 Å². The van der Waals surface area contributed by atoms with Crippen LogP contribution < -0.4 is 0 Å². The van der Waals surface area contributed by atoms with Crippen molar-refractivity contribution in [3.63, 3.8) is 0 Å². The second-order valence-electron chi connectivity index (χ2n) is 6.79. The Morgan fingerprint density at radius 1 is 1.17 bits per heavy atom. The predicted molar refractivity (Wildman–Crippen MR) is 66.6 cm³/mol. The van der Waals surface area contributed by atoms with E-state index in [9.17, 15) is 4.79 Å². The van der Waals surface area contributed by atoms with Crippen molar-refractivity contribution in [3.05, 3.63) is 0 Å². The molecular formula is C13H26O4Zn. The van der Waals surface area contributed by atoms with Crippen molar-refractivity contribution >= 4 is 5.97 Å². The Kier molecular flexibility index (Phi) is 8.55. The summed E-state index contributed by atoms with van der Waals surface area (Å²) < 4.78 is 0. The van der Waals surface area contributed by atoms with E-state index in [0.717, 1.165) is 6.42 Å². The maximum atomic E-state index is 11.1. The normalized spacial score (nSPS) is 15.7. The number of hydrogen-bond donors (Lipinski definition) is 1. The first-order valence-electron chi connectivity index (χ1n) is 6.00. The van der Waals surface area contributed by atoms with Gasteiger partial charge in [0.1, 0.15) is 0 Å². The Hall–Kier alpha value is 0.0134. The first kappa shape index (κ1) is 20.3. The zero-order valence-electron chi connectivity index (χ0n) is 12.7. The van der Waals surface area contributed by atoms with Crippen LogP contribution in [0.25, 0.3) is 0 Å². The van der Waals surface area contributed by atoms with Crippen molar-refractivity contribution in [1.82, 2.24) is 0 Å². The van der Waals surface area contributed by atoms with Gasteiger partial charge in [0.15, 0.2) is 6.10 Å². The molecule has 0 amide bonds. The van der Waals surface area contributed by atoms with Crippen LogP contribution in [0, 0.1) is 11.3 Å². The maximum Gasteiger partial charge on any atom is 0.336 e. The average molecular weight is 312 g/mol. The molecule has 0 rings (SSSR count). The Morgan fingerprint density at radius 2 is 1.61 bits per heavy atom. The van der Waals surface area contributed by atoms with Gasteiger partial charge in [0.2, 0.25) is 0 Å². The van der Waals surface area contributed by atoms with Crippen LogP contribution in [-0.4, -0.2) is 22.8 Å². The molecule has 4 nitrogen and oxygen atoms in total.